The van der Waals surface area contributed by atoms with E-state index in [4.69, 9.17) is 9.47 Å². The lowest BCUT2D eigenvalue weighted by Gasteiger charge is -2.32. The van der Waals surface area contributed by atoms with Gasteiger partial charge < -0.3 is 14.4 Å². The first kappa shape index (κ1) is 11.5. The zero-order chi connectivity index (χ0) is 12.4. The van der Waals surface area contributed by atoms with Crippen molar-refractivity contribution in [3.05, 3.63) is 30.3 Å². The van der Waals surface area contributed by atoms with Crippen LogP contribution in [0.5, 0.6) is 5.75 Å². The molecule has 2 aliphatic heterocycles. The van der Waals surface area contributed by atoms with Gasteiger partial charge in [0.2, 0.25) is 0 Å². The van der Waals surface area contributed by atoms with E-state index < -0.39 is 0 Å². The van der Waals surface area contributed by atoms with Crippen LogP contribution in [0.15, 0.2) is 30.3 Å². The van der Waals surface area contributed by atoms with Gasteiger partial charge in [-0.1, -0.05) is 18.2 Å². The van der Waals surface area contributed by atoms with Crippen molar-refractivity contribution in [2.75, 3.05) is 19.7 Å². The molecule has 2 aliphatic rings. The molecule has 18 heavy (non-hydrogen) atoms. The quantitative estimate of drug-likeness (QED) is 0.759. The molecule has 1 aromatic rings. The molecule has 0 aliphatic carbocycles. The maximum absolute atomic E-state index is 11.9. The third kappa shape index (κ3) is 2.64. The van der Waals surface area contributed by atoms with Crippen molar-refractivity contribution in [2.45, 2.75) is 25.0 Å². The number of carbonyl (C=O) groups is 1. The third-order valence-electron chi connectivity index (χ3n) is 3.34. The molecule has 2 unspecified atom stereocenters. The summed E-state index contributed by atoms with van der Waals surface area (Å²) in [6.07, 6.45) is 1.92. The highest BCUT2D eigenvalue weighted by atomic mass is 16.6. The van der Waals surface area contributed by atoms with Crippen LogP contribution < -0.4 is 4.74 Å². The summed E-state index contributed by atoms with van der Waals surface area (Å²) in [6.45, 7) is 2.08. The van der Waals surface area contributed by atoms with Crippen LogP contribution in [0.4, 0.5) is 0 Å². The molecule has 0 aromatic heterocycles. The van der Waals surface area contributed by atoms with Gasteiger partial charge in [0.1, 0.15) is 11.9 Å². The van der Waals surface area contributed by atoms with E-state index in [0.29, 0.717) is 13.2 Å². The first-order valence-corrected chi connectivity index (χ1v) is 6.45. The second kappa shape index (κ2) is 4.98. The topological polar surface area (TPSA) is 42.1 Å². The number of carbonyl (C=O) groups excluding carboxylic acids is 1. The van der Waals surface area contributed by atoms with Gasteiger partial charge in [-0.2, -0.15) is 0 Å². The van der Waals surface area contributed by atoms with Gasteiger partial charge >= 0.3 is 0 Å². The maximum Gasteiger partial charge on any atom is 0.254 e. The van der Waals surface area contributed by atoms with E-state index in [0.717, 1.165) is 25.1 Å². The number of hydrogen-bond acceptors (Lipinski definition) is 3. The predicted octanol–water partition coefficient (Wildman–Crippen LogP) is 1.46. The van der Waals surface area contributed by atoms with Gasteiger partial charge in [-0.3, -0.25) is 4.79 Å². The number of epoxide rings is 1. The van der Waals surface area contributed by atoms with E-state index in [1.165, 1.54) is 0 Å². The zero-order valence-corrected chi connectivity index (χ0v) is 10.2. The van der Waals surface area contributed by atoms with Crippen molar-refractivity contribution in [3.8, 4) is 5.75 Å². The molecule has 0 bridgehead atoms. The highest BCUT2D eigenvalue weighted by molar-refractivity contribution is 5.83. The Morgan fingerprint density at radius 1 is 1.33 bits per heavy atom. The van der Waals surface area contributed by atoms with Crippen LogP contribution in [-0.2, 0) is 9.53 Å². The first-order chi connectivity index (χ1) is 8.83. The van der Waals surface area contributed by atoms with Crippen molar-refractivity contribution in [3.63, 3.8) is 0 Å². The zero-order valence-electron chi connectivity index (χ0n) is 10.2. The minimum atomic E-state index is -0.180. The molecule has 4 nitrogen and oxygen atoms in total. The Bertz CT molecular complexity index is 416. The van der Waals surface area contributed by atoms with Crippen LogP contribution in [0, 0.1) is 0 Å². The fraction of sp³-hybridized carbons (Fsp3) is 0.500. The molecule has 3 rings (SSSR count). The van der Waals surface area contributed by atoms with Crippen molar-refractivity contribution in [1.82, 2.24) is 4.90 Å². The number of ether oxygens (including phenoxy) is 2. The van der Waals surface area contributed by atoms with Gasteiger partial charge in [0.15, 0.2) is 6.10 Å². The maximum atomic E-state index is 11.9. The van der Waals surface area contributed by atoms with Gasteiger partial charge in [0, 0.05) is 6.54 Å². The number of hydrogen-bond donors (Lipinski definition) is 0. The lowest BCUT2D eigenvalue weighted by Crippen LogP contribution is -2.46. The summed E-state index contributed by atoms with van der Waals surface area (Å²) in [7, 11) is 0. The summed E-state index contributed by atoms with van der Waals surface area (Å²) in [6, 6.07) is 9.78. The number of amides is 1. The fourth-order valence-corrected chi connectivity index (χ4v) is 2.32. The molecule has 2 fully saturated rings. The molecule has 2 heterocycles. The molecule has 0 radical (unpaired) electrons. The van der Waals surface area contributed by atoms with Crippen LogP contribution in [0.1, 0.15) is 12.8 Å². The summed E-state index contributed by atoms with van der Waals surface area (Å²) in [5, 5.41) is 0. The Labute approximate surface area is 106 Å². The molecule has 1 aromatic carbocycles. The largest absolute Gasteiger partial charge is 0.489 e. The van der Waals surface area contributed by atoms with Crippen molar-refractivity contribution in [1.29, 1.82) is 0 Å². The lowest BCUT2D eigenvalue weighted by molar-refractivity contribution is -0.135. The summed E-state index contributed by atoms with van der Waals surface area (Å²) in [5.74, 6) is 0.996. The lowest BCUT2D eigenvalue weighted by atomic mass is 10.1. The molecule has 2 atom stereocenters. The number of nitrogens with zero attached hydrogens (tertiary/aromatic N) is 1. The second-order valence-electron chi connectivity index (χ2n) is 4.80. The molecular formula is C14H17NO3. The number of likely N-dealkylation sites (tertiary alicyclic amines) is 1. The molecular weight excluding hydrogens is 230 g/mol. The monoisotopic (exact) mass is 247 g/mol. The van der Waals surface area contributed by atoms with Crippen LogP contribution in [0.2, 0.25) is 0 Å². The van der Waals surface area contributed by atoms with Crippen LogP contribution >= 0.6 is 0 Å². The molecule has 4 heteroatoms. The summed E-state index contributed by atoms with van der Waals surface area (Å²) < 4.78 is 10.9. The van der Waals surface area contributed by atoms with Gasteiger partial charge in [0.25, 0.3) is 5.91 Å². The standard InChI is InChI=1S/C14H17NO3/c16-14(13-10-17-13)15-8-4-7-12(9-15)18-11-5-2-1-3-6-11/h1-3,5-6,12-13H,4,7-10H2. The summed E-state index contributed by atoms with van der Waals surface area (Å²) >= 11 is 0. The Kier molecular flexibility index (Phi) is 3.19. The average Bonchev–Trinajstić information content (AvgIpc) is 3.24. The van der Waals surface area contributed by atoms with Gasteiger partial charge in [-0.05, 0) is 25.0 Å². The second-order valence-corrected chi connectivity index (χ2v) is 4.80. The van der Waals surface area contributed by atoms with Crippen molar-refractivity contribution >= 4 is 5.91 Å². The van der Waals surface area contributed by atoms with Crippen molar-refractivity contribution < 1.29 is 14.3 Å². The molecule has 0 N–H and O–H groups in total. The Morgan fingerprint density at radius 3 is 2.83 bits per heavy atom. The van der Waals surface area contributed by atoms with E-state index in [2.05, 4.69) is 0 Å². The highest BCUT2D eigenvalue weighted by Gasteiger charge is 2.37. The van der Waals surface area contributed by atoms with Gasteiger partial charge in [-0.15, -0.1) is 0 Å². The minimum Gasteiger partial charge on any atom is -0.489 e. The third-order valence-corrected chi connectivity index (χ3v) is 3.34. The fourth-order valence-electron chi connectivity index (χ4n) is 2.32. The number of para-hydroxylation sites is 1. The average molecular weight is 247 g/mol. The Balaban J connectivity index is 1.58. The van der Waals surface area contributed by atoms with E-state index in [1.807, 2.05) is 35.2 Å². The summed E-state index contributed by atoms with van der Waals surface area (Å²) in [4.78, 5) is 13.8. The Morgan fingerprint density at radius 2 is 2.11 bits per heavy atom. The van der Waals surface area contributed by atoms with Gasteiger partial charge in [0.05, 0.1) is 13.2 Å². The van der Waals surface area contributed by atoms with E-state index >= 15 is 0 Å². The number of rotatable bonds is 3. The Hall–Kier alpha value is -1.55. The van der Waals surface area contributed by atoms with Crippen LogP contribution in [0.25, 0.3) is 0 Å². The van der Waals surface area contributed by atoms with Gasteiger partial charge in [-0.25, -0.2) is 0 Å². The van der Waals surface area contributed by atoms with E-state index in [9.17, 15) is 4.79 Å². The number of piperidine rings is 1. The SMILES string of the molecule is O=C(C1CO1)N1CCCC(Oc2ccccc2)C1. The molecule has 96 valence electrons. The minimum absolute atomic E-state index is 0.101. The normalized spacial score (nSPS) is 26.8. The molecule has 1 amide bonds. The van der Waals surface area contributed by atoms with Crippen molar-refractivity contribution in [2.24, 2.45) is 0 Å². The highest BCUT2D eigenvalue weighted by Crippen LogP contribution is 2.21. The smallest absolute Gasteiger partial charge is 0.254 e. The first-order valence-electron chi connectivity index (χ1n) is 6.45. The van der Waals surface area contributed by atoms with E-state index in [-0.39, 0.29) is 18.1 Å². The molecule has 0 spiro atoms. The van der Waals surface area contributed by atoms with E-state index in [1.54, 1.807) is 0 Å². The molecule has 0 saturated carbocycles. The number of benzene rings is 1. The molecule has 2 saturated heterocycles. The van der Waals surface area contributed by atoms with Crippen LogP contribution in [-0.4, -0.2) is 42.7 Å². The summed E-state index contributed by atoms with van der Waals surface area (Å²) in [5.41, 5.74) is 0. The predicted molar refractivity (Wildman–Crippen MR) is 66.4 cm³/mol. The van der Waals surface area contributed by atoms with Crippen LogP contribution in [0.3, 0.4) is 0 Å².